The zero-order chi connectivity index (χ0) is 14.9. The molecule has 3 N–H and O–H groups in total. The lowest BCUT2D eigenvalue weighted by molar-refractivity contribution is -0.124. The zero-order valence-corrected chi connectivity index (χ0v) is 13.4. The minimum atomic E-state index is -0.547. The fraction of sp³-hybridized carbons (Fsp3) is 0.938. The van der Waals surface area contributed by atoms with Gasteiger partial charge in [-0.05, 0) is 71.8 Å². The summed E-state index contributed by atoms with van der Waals surface area (Å²) in [7, 11) is 2.19. The number of piperidine rings is 2. The van der Waals surface area contributed by atoms with Gasteiger partial charge in [0.05, 0.1) is 5.54 Å². The first-order valence-corrected chi connectivity index (χ1v) is 8.55. The fourth-order valence-electron chi connectivity index (χ4n) is 3.79. The van der Waals surface area contributed by atoms with E-state index in [9.17, 15) is 4.79 Å². The summed E-state index contributed by atoms with van der Waals surface area (Å²) in [6.45, 7) is 5.40. The molecule has 0 bridgehead atoms. The van der Waals surface area contributed by atoms with Crippen molar-refractivity contribution in [3.05, 3.63) is 0 Å². The number of nitrogens with zero attached hydrogens (tertiary/aromatic N) is 2. The van der Waals surface area contributed by atoms with E-state index in [4.69, 9.17) is 5.73 Å². The summed E-state index contributed by atoms with van der Waals surface area (Å²) in [5.74, 6) is 0.0674. The second-order valence-electron chi connectivity index (χ2n) is 7.41. The van der Waals surface area contributed by atoms with Gasteiger partial charge >= 0.3 is 0 Å². The molecule has 1 saturated carbocycles. The van der Waals surface area contributed by atoms with Crippen LogP contribution in [0.2, 0.25) is 0 Å². The van der Waals surface area contributed by atoms with Crippen LogP contribution in [0.3, 0.4) is 0 Å². The van der Waals surface area contributed by atoms with Crippen LogP contribution in [0.5, 0.6) is 0 Å². The second kappa shape index (κ2) is 5.86. The molecular formula is C16H30N4O. The molecule has 120 valence electrons. The number of carbonyl (C=O) groups is 1. The minimum absolute atomic E-state index is 0.0674. The van der Waals surface area contributed by atoms with E-state index in [1.165, 1.54) is 32.4 Å². The van der Waals surface area contributed by atoms with Crippen LogP contribution in [0.4, 0.5) is 0 Å². The Bertz CT molecular complexity index is 380. The number of nitrogens with two attached hydrogens (primary N) is 1. The summed E-state index contributed by atoms with van der Waals surface area (Å²) in [5.41, 5.74) is 5.63. The highest BCUT2D eigenvalue weighted by Gasteiger charge is 2.47. The predicted molar refractivity (Wildman–Crippen MR) is 84.0 cm³/mol. The van der Waals surface area contributed by atoms with Crippen LogP contribution in [0, 0.1) is 0 Å². The predicted octanol–water partition coefficient (Wildman–Crippen LogP) is 0.544. The molecule has 3 rings (SSSR count). The quantitative estimate of drug-likeness (QED) is 0.795. The Kier molecular flexibility index (Phi) is 4.26. The molecule has 5 heteroatoms. The van der Waals surface area contributed by atoms with Crippen molar-refractivity contribution in [1.29, 1.82) is 0 Å². The van der Waals surface area contributed by atoms with Crippen molar-refractivity contribution in [2.45, 2.75) is 56.0 Å². The molecule has 0 aromatic rings. The number of carbonyl (C=O) groups excluding carboxylic acids is 1. The van der Waals surface area contributed by atoms with E-state index >= 15 is 0 Å². The Morgan fingerprint density at radius 1 is 1.05 bits per heavy atom. The average Bonchev–Trinajstić information content (AvgIpc) is 3.27. The molecule has 0 aromatic heterocycles. The molecule has 0 unspecified atom stereocenters. The summed E-state index contributed by atoms with van der Waals surface area (Å²) in [6, 6.07) is 0. The highest BCUT2D eigenvalue weighted by Crippen LogP contribution is 2.34. The topological polar surface area (TPSA) is 61.6 Å². The molecule has 3 aliphatic rings. The van der Waals surface area contributed by atoms with Gasteiger partial charge in [0.2, 0.25) is 5.91 Å². The maximum absolute atomic E-state index is 12.2. The van der Waals surface area contributed by atoms with Crippen LogP contribution in [0.25, 0.3) is 0 Å². The van der Waals surface area contributed by atoms with E-state index in [0.29, 0.717) is 0 Å². The summed E-state index contributed by atoms with van der Waals surface area (Å²) in [6.07, 6.45) is 7.95. The number of nitrogens with one attached hydrogen (secondary N) is 1. The van der Waals surface area contributed by atoms with E-state index in [1.54, 1.807) is 0 Å². The minimum Gasteiger partial charge on any atom is -0.353 e. The monoisotopic (exact) mass is 294 g/mol. The van der Waals surface area contributed by atoms with E-state index in [2.05, 4.69) is 22.2 Å². The van der Waals surface area contributed by atoms with E-state index in [1.807, 2.05) is 0 Å². The number of likely N-dealkylation sites (tertiary alicyclic amines) is 2. The fourth-order valence-corrected chi connectivity index (χ4v) is 3.79. The summed E-state index contributed by atoms with van der Waals surface area (Å²) in [5, 5.41) is 3.18. The van der Waals surface area contributed by atoms with Gasteiger partial charge in [-0.3, -0.25) is 9.69 Å². The van der Waals surface area contributed by atoms with Gasteiger partial charge in [-0.25, -0.2) is 0 Å². The van der Waals surface area contributed by atoms with Crippen molar-refractivity contribution >= 4 is 5.91 Å². The smallest absolute Gasteiger partial charge is 0.240 e. The molecule has 0 spiro atoms. The van der Waals surface area contributed by atoms with Crippen LogP contribution in [-0.2, 0) is 4.79 Å². The Morgan fingerprint density at radius 3 is 2.24 bits per heavy atom. The first-order valence-electron chi connectivity index (χ1n) is 8.55. The van der Waals surface area contributed by atoms with Crippen molar-refractivity contribution in [3.63, 3.8) is 0 Å². The van der Waals surface area contributed by atoms with E-state index < -0.39 is 5.54 Å². The van der Waals surface area contributed by atoms with Crippen LogP contribution in [-0.4, -0.2) is 66.6 Å². The van der Waals surface area contributed by atoms with Gasteiger partial charge in [-0.15, -0.1) is 0 Å². The Balaban J connectivity index is 1.65. The van der Waals surface area contributed by atoms with E-state index in [0.717, 1.165) is 45.3 Å². The molecular weight excluding hydrogens is 264 g/mol. The second-order valence-corrected chi connectivity index (χ2v) is 7.41. The normalized spacial score (nSPS) is 29.0. The van der Waals surface area contributed by atoms with Crippen molar-refractivity contribution in [3.8, 4) is 0 Å². The maximum atomic E-state index is 12.2. The summed E-state index contributed by atoms with van der Waals surface area (Å²) >= 11 is 0. The average molecular weight is 294 g/mol. The molecule has 2 saturated heterocycles. The molecule has 3 fully saturated rings. The van der Waals surface area contributed by atoms with Gasteiger partial charge in [0.25, 0.3) is 0 Å². The number of amides is 1. The standard InChI is InChI=1S/C16H30N4O/c1-19-11-7-15(8-12-19,20-9-3-2-4-10-20)13-18-14(21)16(17)5-6-16/h2-13,17H2,1H3,(H,18,21). The highest BCUT2D eigenvalue weighted by molar-refractivity contribution is 5.89. The van der Waals surface area contributed by atoms with Gasteiger partial charge in [-0.2, -0.15) is 0 Å². The molecule has 21 heavy (non-hydrogen) atoms. The largest absolute Gasteiger partial charge is 0.353 e. The zero-order valence-electron chi connectivity index (χ0n) is 13.4. The Labute approximate surface area is 128 Å². The third-order valence-electron chi connectivity index (χ3n) is 5.76. The van der Waals surface area contributed by atoms with Crippen molar-refractivity contribution in [1.82, 2.24) is 15.1 Å². The lowest BCUT2D eigenvalue weighted by atomic mass is 9.84. The van der Waals surface area contributed by atoms with Crippen LogP contribution < -0.4 is 11.1 Å². The highest BCUT2D eigenvalue weighted by atomic mass is 16.2. The van der Waals surface area contributed by atoms with Gasteiger partial charge in [0.1, 0.15) is 0 Å². The molecule has 1 aliphatic carbocycles. The van der Waals surface area contributed by atoms with Crippen LogP contribution in [0.15, 0.2) is 0 Å². The first kappa shape index (κ1) is 15.3. The number of hydrogen-bond donors (Lipinski definition) is 2. The maximum Gasteiger partial charge on any atom is 0.240 e. The van der Waals surface area contributed by atoms with Gasteiger partial charge in [0.15, 0.2) is 0 Å². The molecule has 2 heterocycles. The molecule has 0 atom stereocenters. The molecule has 5 nitrogen and oxygen atoms in total. The summed E-state index contributed by atoms with van der Waals surface area (Å²) < 4.78 is 0. The number of hydrogen-bond acceptors (Lipinski definition) is 4. The molecule has 0 aromatic carbocycles. The Hall–Kier alpha value is -0.650. The van der Waals surface area contributed by atoms with E-state index in [-0.39, 0.29) is 11.4 Å². The Morgan fingerprint density at radius 2 is 1.67 bits per heavy atom. The third-order valence-corrected chi connectivity index (χ3v) is 5.76. The molecule has 2 aliphatic heterocycles. The lowest BCUT2D eigenvalue weighted by Gasteiger charge is -2.50. The molecule has 0 radical (unpaired) electrons. The first-order chi connectivity index (χ1) is 10.0. The molecule has 1 amide bonds. The van der Waals surface area contributed by atoms with Crippen LogP contribution >= 0.6 is 0 Å². The van der Waals surface area contributed by atoms with Crippen molar-refractivity contribution in [2.75, 3.05) is 39.8 Å². The van der Waals surface area contributed by atoms with Gasteiger partial charge in [0, 0.05) is 12.1 Å². The van der Waals surface area contributed by atoms with Crippen molar-refractivity contribution < 1.29 is 4.79 Å². The summed E-state index contributed by atoms with van der Waals surface area (Å²) in [4.78, 5) is 17.2. The van der Waals surface area contributed by atoms with Crippen molar-refractivity contribution in [2.24, 2.45) is 5.73 Å². The number of rotatable bonds is 4. The SMILES string of the molecule is CN1CCC(CNC(=O)C2(N)CC2)(N2CCCCC2)CC1. The van der Waals surface area contributed by atoms with Gasteiger partial charge < -0.3 is 16.0 Å². The third kappa shape index (κ3) is 3.25. The van der Waals surface area contributed by atoms with Gasteiger partial charge in [-0.1, -0.05) is 6.42 Å². The lowest BCUT2D eigenvalue weighted by Crippen LogP contribution is -2.62. The van der Waals surface area contributed by atoms with Crippen LogP contribution in [0.1, 0.15) is 44.9 Å².